The first kappa shape index (κ1) is 9.32. The molecule has 12 heavy (non-hydrogen) atoms. The average Bonchev–Trinajstić information content (AvgIpc) is 1.97. The summed E-state index contributed by atoms with van der Waals surface area (Å²) in [6.45, 7) is 3.09. The quantitative estimate of drug-likeness (QED) is 0.651. The second-order valence-corrected chi connectivity index (χ2v) is 3.21. The van der Waals surface area contributed by atoms with Crippen LogP contribution < -0.4 is 10.6 Å². The molecule has 0 bridgehead atoms. The maximum absolute atomic E-state index is 10.8. The van der Waals surface area contributed by atoms with E-state index < -0.39 is 0 Å². The summed E-state index contributed by atoms with van der Waals surface area (Å²) >= 11 is 0. The molecule has 0 aromatic heterocycles. The lowest BCUT2D eigenvalue weighted by molar-refractivity contribution is 0.165. The molecule has 1 aliphatic heterocycles. The van der Waals surface area contributed by atoms with Crippen LogP contribution in [0.5, 0.6) is 0 Å². The minimum Gasteiger partial charge on any atom is -0.453 e. The second-order valence-electron chi connectivity index (χ2n) is 3.21. The molecule has 4 nitrogen and oxygen atoms in total. The van der Waals surface area contributed by atoms with Gasteiger partial charge < -0.3 is 15.4 Å². The molecule has 0 aromatic carbocycles. The third-order valence-corrected chi connectivity index (χ3v) is 2.11. The highest BCUT2D eigenvalue weighted by atomic mass is 16.5. The van der Waals surface area contributed by atoms with Crippen LogP contribution in [0.2, 0.25) is 0 Å². The highest BCUT2D eigenvalue weighted by Crippen LogP contribution is 2.08. The Labute approximate surface area is 72.7 Å². The van der Waals surface area contributed by atoms with Crippen molar-refractivity contribution < 1.29 is 9.53 Å². The first-order valence-electron chi connectivity index (χ1n) is 4.30. The first-order chi connectivity index (χ1) is 5.72. The molecule has 1 rings (SSSR count). The molecule has 1 saturated heterocycles. The molecule has 2 unspecified atom stereocenters. The molecular weight excluding hydrogens is 156 g/mol. The van der Waals surface area contributed by atoms with Crippen LogP contribution in [0.15, 0.2) is 0 Å². The van der Waals surface area contributed by atoms with Crippen LogP contribution in [0.1, 0.15) is 19.8 Å². The summed E-state index contributed by atoms with van der Waals surface area (Å²) in [4.78, 5) is 10.8. The van der Waals surface area contributed by atoms with E-state index in [9.17, 15) is 4.79 Å². The van der Waals surface area contributed by atoms with E-state index in [2.05, 4.69) is 15.4 Å². The molecule has 70 valence electrons. The zero-order valence-electron chi connectivity index (χ0n) is 7.59. The normalized spacial score (nSPS) is 24.0. The number of methoxy groups -OCH3 is 1. The van der Waals surface area contributed by atoms with Gasteiger partial charge in [-0.2, -0.15) is 0 Å². The largest absolute Gasteiger partial charge is 0.453 e. The molecule has 1 fully saturated rings. The number of amides is 1. The van der Waals surface area contributed by atoms with E-state index in [1.165, 1.54) is 13.5 Å². The molecular formula is C8H16N2O2. The molecule has 0 aromatic rings. The van der Waals surface area contributed by atoms with Crippen LogP contribution in [-0.4, -0.2) is 31.8 Å². The highest BCUT2D eigenvalue weighted by molar-refractivity contribution is 5.67. The summed E-state index contributed by atoms with van der Waals surface area (Å²) in [5.41, 5.74) is 0. The Hall–Kier alpha value is -0.770. The number of nitrogens with one attached hydrogen (secondary N) is 2. The Kier molecular flexibility index (Phi) is 3.34. The fourth-order valence-corrected chi connectivity index (χ4v) is 1.30. The summed E-state index contributed by atoms with van der Waals surface area (Å²) in [5, 5.41) is 6.00. The van der Waals surface area contributed by atoms with Gasteiger partial charge in [-0.05, 0) is 26.3 Å². The highest BCUT2D eigenvalue weighted by Gasteiger charge is 2.19. The Morgan fingerprint density at radius 2 is 2.50 bits per heavy atom. The third kappa shape index (κ3) is 2.70. The van der Waals surface area contributed by atoms with E-state index in [-0.39, 0.29) is 12.1 Å². The third-order valence-electron chi connectivity index (χ3n) is 2.11. The van der Waals surface area contributed by atoms with Crippen LogP contribution >= 0.6 is 0 Å². The van der Waals surface area contributed by atoms with Crippen molar-refractivity contribution >= 4 is 6.09 Å². The lowest BCUT2D eigenvalue weighted by Gasteiger charge is -2.30. The van der Waals surface area contributed by atoms with Crippen LogP contribution in [0, 0.1) is 0 Å². The van der Waals surface area contributed by atoms with Crippen molar-refractivity contribution in [1.29, 1.82) is 0 Å². The first-order valence-corrected chi connectivity index (χ1v) is 4.30. The number of alkyl carbamates (subject to hydrolysis) is 1. The van der Waals surface area contributed by atoms with Crippen LogP contribution in [-0.2, 0) is 4.74 Å². The van der Waals surface area contributed by atoms with E-state index >= 15 is 0 Å². The van der Waals surface area contributed by atoms with Crippen molar-refractivity contribution in [2.75, 3.05) is 13.7 Å². The fourth-order valence-electron chi connectivity index (χ4n) is 1.30. The molecule has 4 heteroatoms. The van der Waals surface area contributed by atoms with Crippen LogP contribution in [0.4, 0.5) is 4.79 Å². The zero-order chi connectivity index (χ0) is 8.97. The van der Waals surface area contributed by atoms with E-state index in [1.807, 2.05) is 6.92 Å². The molecule has 1 amide bonds. The molecule has 1 heterocycles. The predicted molar refractivity (Wildman–Crippen MR) is 46.0 cm³/mol. The van der Waals surface area contributed by atoms with Gasteiger partial charge in [0, 0.05) is 12.1 Å². The van der Waals surface area contributed by atoms with Crippen molar-refractivity contribution in [1.82, 2.24) is 10.6 Å². The summed E-state index contributed by atoms with van der Waals surface area (Å²) in [6, 6.07) is 0.771. The van der Waals surface area contributed by atoms with Crippen LogP contribution in [0.3, 0.4) is 0 Å². The van der Waals surface area contributed by atoms with Gasteiger partial charge in [-0.3, -0.25) is 0 Å². The summed E-state index contributed by atoms with van der Waals surface area (Å²) < 4.78 is 4.48. The van der Waals surface area contributed by atoms with Gasteiger partial charge in [0.25, 0.3) is 0 Å². The van der Waals surface area contributed by atoms with Crippen molar-refractivity contribution in [2.24, 2.45) is 0 Å². The number of hydrogen-bond donors (Lipinski definition) is 2. The van der Waals surface area contributed by atoms with Gasteiger partial charge in [-0.15, -0.1) is 0 Å². The van der Waals surface area contributed by atoms with Crippen molar-refractivity contribution in [3.05, 3.63) is 0 Å². The number of hydrogen-bond acceptors (Lipinski definition) is 3. The zero-order valence-corrected chi connectivity index (χ0v) is 7.59. The van der Waals surface area contributed by atoms with E-state index in [0.717, 1.165) is 13.0 Å². The molecule has 1 aliphatic rings. The number of ether oxygens (including phenoxy) is 1. The molecule has 0 radical (unpaired) electrons. The molecule has 0 aliphatic carbocycles. The van der Waals surface area contributed by atoms with E-state index in [4.69, 9.17) is 0 Å². The SMILES string of the molecule is COC(=O)NC(C)CC1CCN1. The van der Waals surface area contributed by atoms with Gasteiger partial charge in [0.05, 0.1) is 7.11 Å². The average molecular weight is 172 g/mol. The van der Waals surface area contributed by atoms with Crippen molar-refractivity contribution in [3.63, 3.8) is 0 Å². The maximum Gasteiger partial charge on any atom is 0.407 e. The predicted octanol–water partition coefficient (Wildman–Crippen LogP) is 0.483. The minimum absolute atomic E-state index is 0.190. The van der Waals surface area contributed by atoms with Gasteiger partial charge in [0.1, 0.15) is 0 Å². The van der Waals surface area contributed by atoms with Crippen molar-refractivity contribution in [2.45, 2.75) is 31.8 Å². The van der Waals surface area contributed by atoms with E-state index in [0.29, 0.717) is 6.04 Å². The van der Waals surface area contributed by atoms with Gasteiger partial charge in [0.2, 0.25) is 0 Å². The number of carbonyl (C=O) groups excluding carboxylic acids is 1. The second kappa shape index (κ2) is 4.30. The summed E-state index contributed by atoms with van der Waals surface area (Å²) in [5.74, 6) is 0. The van der Waals surface area contributed by atoms with Gasteiger partial charge in [-0.25, -0.2) is 4.79 Å². The molecule has 2 atom stereocenters. The lowest BCUT2D eigenvalue weighted by Crippen LogP contribution is -2.47. The monoisotopic (exact) mass is 172 g/mol. The number of carbonyl (C=O) groups is 1. The van der Waals surface area contributed by atoms with Crippen LogP contribution in [0.25, 0.3) is 0 Å². The molecule has 2 N–H and O–H groups in total. The minimum atomic E-state index is -0.346. The summed E-state index contributed by atoms with van der Waals surface area (Å²) in [6.07, 6.45) is 1.85. The Morgan fingerprint density at radius 3 is 2.92 bits per heavy atom. The van der Waals surface area contributed by atoms with Gasteiger partial charge >= 0.3 is 6.09 Å². The topological polar surface area (TPSA) is 50.4 Å². The van der Waals surface area contributed by atoms with Gasteiger partial charge in [-0.1, -0.05) is 0 Å². The molecule has 0 spiro atoms. The Balaban J connectivity index is 2.10. The Morgan fingerprint density at radius 1 is 1.83 bits per heavy atom. The Bertz CT molecular complexity index is 157. The smallest absolute Gasteiger partial charge is 0.407 e. The fraction of sp³-hybridized carbons (Fsp3) is 0.875. The molecule has 0 saturated carbocycles. The van der Waals surface area contributed by atoms with Crippen molar-refractivity contribution in [3.8, 4) is 0 Å². The van der Waals surface area contributed by atoms with E-state index in [1.54, 1.807) is 0 Å². The summed E-state index contributed by atoms with van der Waals surface area (Å²) in [7, 11) is 1.38. The van der Waals surface area contributed by atoms with Gasteiger partial charge in [0.15, 0.2) is 0 Å². The number of rotatable bonds is 3. The standard InChI is InChI=1S/C8H16N2O2/c1-6(10-8(11)12-2)5-7-3-4-9-7/h6-7,9H,3-5H2,1-2H3,(H,10,11). The maximum atomic E-state index is 10.8. The lowest BCUT2D eigenvalue weighted by atomic mass is 10.00.